The summed E-state index contributed by atoms with van der Waals surface area (Å²) in [6.07, 6.45) is -3.91. The number of alkyl halides is 3. The maximum absolute atomic E-state index is 12.7. The van der Waals surface area contributed by atoms with Gasteiger partial charge in [-0.2, -0.15) is 13.2 Å². The number of carboxylic acid groups (broad SMARTS) is 1. The lowest BCUT2D eigenvalue weighted by molar-refractivity contribution is -0.186. The number of hydrogen-bond donors (Lipinski definition) is 2. The maximum Gasteiger partial charge on any atom is 0.391 e. The predicted octanol–water partition coefficient (Wildman–Crippen LogP) is 2.72. The zero-order valence-corrected chi connectivity index (χ0v) is 11.6. The number of amides is 1. The van der Waals surface area contributed by atoms with E-state index in [-0.39, 0.29) is 19.3 Å². The third kappa shape index (κ3) is 5.02. The number of nitrogens with one attached hydrogen (secondary N) is 1. The van der Waals surface area contributed by atoms with Crippen LogP contribution in [0.3, 0.4) is 0 Å². The summed E-state index contributed by atoms with van der Waals surface area (Å²) in [6.45, 7) is 3.09. The molecule has 1 aliphatic carbocycles. The van der Waals surface area contributed by atoms with E-state index in [9.17, 15) is 22.8 Å². The third-order valence-electron chi connectivity index (χ3n) is 3.56. The summed E-state index contributed by atoms with van der Waals surface area (Å²) in [6, 6.07) is 0. The molecule has 0 aromatic heterocycles. The smallest absolute Gasteiger partial charge is 0.391 e. The Morgan fingerprint density at radius 1 is 1.25 bits per heavy atom. The Hall–Kier alpha value is -1.27. The van der Waals surface area contributed by atoms with Gasteiger partial charge in [-0.1, -0.05) is 6.42 Å². The van der Waals surface area contributed by atoms with Gasteiger partial charge in [0.1, 0.15) is 0 Å². The van der Waals surface area contributed by atoms with Crippen LogP contribution in [0.2, 0.25) is 0 Å². The summed E-state index contributed by atoms with van der Waals surface area (Å²) >= 11 is 0. The Labute approximate surface area is 115 Å². The van der Waals surface area contributed by atoms with Gasteiger partial charge >= 0.3 is 12.1 Å². The van der Waals surface area contributed by atoms with E-state index < -0.39 is 35.4 Å². The first-order chi connectivity index (χ1) is 9.01. The molecule has 0 saturated heterocycles. The first-order valence-electron chi connectivity index (χ1n) is 6.62. The van der Waals surface area contributed by atoms with Crippen LogP contribution in [0.25, 0.3) is 0 Å². The molecule has 0 aliphatic heterocycles. The van der Waals surface area contributed by atoms with Crippen molar-refractivity contribution in [3.63, 3.8) is 0 Å². The molecule has 2 atom stereocenters. The van der Waals surface area contributed by atoms with Crippen LogP contribution in [0.4, 0.5) is 13.2 Å². The van der Waals surface area contributed by atoms with Gasteiger partial charge in [-0.05, 0) is 33.1 Å². The Bertz CT molecular complexity index is 380. The van der Waals surface area contributed by atoms with E-state index in [4.69, 9.17) is 5.11 Å². The monoisotopic (exact) mass is 295 g/mol. The van der Waals surface area contributed by atoms with Crippen molar-refractivity contribution in [2.24, 2.45) is 11.8 Å². The minimum atomic E-state index is -4.27. The van der Waals surface area contributed by atoms with Gasteiger partial charge in [0.05, 0.1) is 12.3 Å². The molecule has 1 fully saturated rings. The van der Waals surface area contributed by atoms with E-state index in [0.29, 0.717) is 12.8 Å². The second-order valence-corrected chi connectivity index (χ2v) is 6.05. The highest BCUT2D eigenvalue weighted by atomic mass is 19.4. The maximum atomic E-state index is 12.7. The van der Waals surface area contributed by atoms with Gasteiger partial charge in [-0.15, -0.1) is 0 Å². The largest absolute Gasteiger partial charge is 0.481 e. The normalized spacial score (nSPS) is 24.2. The highest BCUT2D eigenvalue weighted by molar-refractivity contribution is 5.80. The summed E-state index contributed by atoms with van der Waals surface area (Å²) in [5.41, 5.74) is -0.964. The van der Waals surface area contributed by atoms with E-state index >= 15 is 0 Å². The van der Waals surface area contributed by atoms with Crippen molar-refractivity contribution in [3.8, 4) is 0 Å². The highest BCUT2D eigenvalue weighted by Crippen LogP contribution is 2.40. The summed E-state index contributed by atoms with van der Waals surface area (Å²) in [5.74, 6) is -3.67. The van der Waals surface area contributed by atoms with Crippen LogP contribution in [0, 0.1) is 11.8 Å². The van der Waals surface area contributed by atoms with Crippen LogP contribution in [-0.4, -0.2) is 28.7 Å². The van der Waals surface area contributed by atoms with Crippen molar-refractivity contribution < 1.29 is 27.9 Å². The lowest BCUT2D eigenvalue weighted by Gasteiger charge is -2.32. The first kappa shape index (κ1) is 16.8. The third-order valence-corrected chi connectivity index (χ3v) is 3.56. The Morgan fingerprint density at radius 3 is 2.35 bits per heavy atom. The molecule has 2 unspecified atom stereocenters. The molecule has 0 spiro atoms. The number of carboxylic acids is 1. The van der Waals surface area contributed by atoms with Gasteiger partial charge in [0.25, 0.3) is 0 Å². The molecule has 20 heavy (non-hydrogen) atoms. The van der Waals surface area contributed by atoms with Gasteiger partial charge in [0.15, 0.2) is 0 Å². The SMILES string of the molecule is CC(C)(CC(=O)O)NC(=O)C1CCCC(C(F)(F)F)C1. The number of aliphatic carboxylic acids is 1. The van der Waals surface area contributed by atoms with E-state index in [1.165, 1.54) is 0 Å². The number of carbonyl (C=O) groups is 2. The van der Waals surface area contributed by atoms with Crippen molar-refractivity contribution in [1.82, 2.24) is 5.32 Å². The topological polar surface area (TPSA) is 66.4 Å². The second-order valence-electron chi connectivity index (χ2n) is 6.05. The number of hydrogen-bond acceptors (Lipinski definition) is 2. The lowest BCUT2D eigenvalue weighted by Crippen LogP contribution is -2.48. The Balaban J connectivity index is 2.61. The number of rotatable bonds is 4. The summed E-state index contributed by atoms with van der Waals surface area (Å²) in [4.78, 5) is 22.7. The molecular weight excluding hydrogens is 275 g/mol. The molecule has 0 aromatic rings. The van der Waals surface area contributed by atoms with Crippen molar-refractivity contribution in [2.45, 2.75) is 57.7 Å². The van der Waals surface area contributed by atoms with Crippen LogP contribution in [-0.2, 0) is 9.59 Å². The fourth-order valence-electron chi connectivity index (χ4n) is 2.58. The average Bonchev–Trinajstić information content (AvgIpc) is 2.25. The van der Waals surface area contributed by atoms with Gasteiger partial charge < -0.3 is 10.4 Å². The van der Waals surface area contributed by atoms with Crippen molar-refractivity contribution >= 4 is 11.9 Å². The van der Waals surface area contributed by atoms with Crippen molar-refractivity contribution in [1.29, 1.82) is 0 Å². The first-order valence-corrected chi connectivity index (χ1v) is 6.62. The molecule has 116 valence electrons. The van der Waals surface area contributed by atoms with Gasteiger partial charge in [0, 0.05) is 11.5 Å². The Morgan fingerprint density at radius 2 is 1.85 bits per heavy atom. The second kappa shape index (κ2) is 6.01. The van der Waals surface area contributed by atoms with E-state index in [1.54, 1.807) is 13.8 Å². The van der Waals surface area contributed by atoms with Crippen LogP contribution >= 0.6 is 0 Å². The molecular formula is C13H20F3NO3. The summed E-state index contributed by atoms with van der Waals surface area (Å²) in [5, 5.41) is 11.3. The quantitative estimate of drug-likeness (QED) is 0.838. The summed E-state index contributed by atoms with van der Waals surface area (Å²) < 4.78 is 38.0. The molecule has 1 rings (SSSR count). The molecule has 0 heterocycles. The van der Waals surface area contributed by atoms with Gasteiger partial charge in [0.2, 0.25) is 5.91 Å². The molecule has 0 radical (unpaired) electrons. The van der Waals surface area contributed by atoms with E-state index in [2.05, 4.69) is 5.32 Å². The summed E-state index contributed by atoms with van der Waals surface area (Å²) in [7, 11) is 0. The molecule has 0 aromatic carbocycles. The highest BCUT2D eigenvalue weighted by Gasteiger charge is 2.44. The fourth-order valence-corrected chi connectivity index (χ4v) is 2.58. The molecule has 0 bridgehead atoms. The molecule has 1 saturated carbocycles. The van der Waals surface area contributed by atoms with Crippen LogP contribution in [0.5, 0.6) is 0 Å². The Kier molecular flexibility index (Phi) is 5.05. The lowest BCUT2D eigenvalue weighted by atomic mass is 9.80. The van der Waals surface area contributed by atoms with Crippen LogP contribution in [0.1, 0.15) is 46.0 Å². The number of halogens is 3. The molecule has 2 N–H and O–H groups in total. The number of carbonyl (C=O) groups excluding carboxylic acids is 1. The zero-order valence-electron chi connectivity index (χ0n) is 11.6. The minimum absolute atomic E-state index is 0.0613. The average molecular weight is 295 g/mol. The van der Waals surface area contributed by atoms with Gasteiger partial charge in [-0.3, -0.25) is 9.59 Å². The molecule has 1 amide bonds. The van der Waals surface area contributed by atoms with Crippen molar-refractivity contribution in [2.75, 3.05) is 0 Å². The van der Waals surface area contributed by atoms with Crippen molar-refractivity contribution in [3.05, 3.63) is 0 Å². The predicted molar refractivity (Wildman–Crippen MR) is 66.0 cm³/mol. The van der Waals surface area contributed by atoms with E-state index in [1.807, 2.05) is 0 Å². The molecule has 7 heteroatoms. The molecule has 1 aliphatic rings. The van der Waals surface area contributed by atoms with Crippen LogP contribution in [0.15, 0.2) is 0 Å². The van der Waals surface area contributed by atoms with Gasteiger partial charge in [-0.25, -0.2) is 0 Å². The molecule has 4 nitrogen and oxygen atoms in total. The standard InChI is InChI=1S/C13H20F3NO3/c1-12(2,7-10(18)19)17-11(20)8-4-3-5-9(6-8)13(14,15)16/h8-9H,3-7H2,1-2H3,(H,17,20)(H,18,19). The minimum Gasteiger partial charge on any atom is -0.481 e. The van der Waals surface area contributed by atoms with E-state index in [0.717, 1.165) is 0 Å². The zero-order chi connectivity index (χ0) is 15.6. The van der Waals surface area contributed by atoms with Crippen LogP contribution < -0.4 is 5.32 Å². The fraction of sp³-hybridized carbons (Fsp3) is 0.846.